The number of thiophene rings is 1. The van der Waals surface area contributed by atoms with Gasteiger partial charge in [0.15, 0.2) is 0 Å². The van der Waals surface area contributed by atoms with Crippen LogP contribution < -0.4 is 5.32 Å². The number of hydrogen-bond donors (Lipinski definition) is 1. The van der Waals surface area contributed by atoms with E-state index in [1.54, 1.807) is 41.8 Å². The molecule has 1 unspecified atom stereocenters. The van der Waals surface area contributed by atoms with Crippen LogP contribution >= 0.6 is 11.3 Å². The standard InChI is InChI=1S/C22H22N4O3S2/c27-22(20-9-4-5-15-26(20)31(28,29)21-10-6-16-30-21)23-17-11-13-19(14-12-17)25-24-18-7-2-1-3-8-18/h1-3,6-8,10-14,16,20H,4-5,9,15H2,(H,23,27). The van der Waals surface area contributed by atoms with Gasteiger partial charge in [0.25, 0.3) is 10.0 Å². The van der Waals surface area contributed by atoms with Crippen molar-refractivity contribution in [3.05, 3.63) is 72.1 Å². The van der Waals surface area contributed by atoms with E-state index in [1.165, 1.54) is 15.6 Å². The van der Waals surface area contributed by atoms with Gasteiger partial charge >= 0.3 is 0 Å². The second-order valence-corrected chi connectivity index (χ2v) is 10.2. The van der Waals surface area contributed by atoms with Crippen molar-refractivity contribution in [3.63, 3.8) is 0 Å². The lowest BCUT2D eigenvalue weighted by atomic mass is 10.0. The molecule has 1 aliphatic heterocycles. The summed E-state index contributed by atoms with van der Waals surface area (Å²) in [5, 5.41) is 12.9. The van der Waals surface area contributed by atoms with Crippen molar-refractivity contribution in [2.24, 2.45) is 10.2 Å². The second kappa shape index (κ2) is 9.51. The van der Waals surface area contributed by atoms with Gasteiger partial charge < -0.3 is 5.32 Å². The average molecular weight is 455 g/mol. The third-order valence-corrected chi connectivity index (χ3v) is 8.27. The van der Waals surface area contributed by atoms with E-state index < -0.39 is 16.1 Å². The first-order valence-electron chi connectivity index (χ1n) is 9.97. The Morgan fingerprint density at radius 1 is 0.935 bits per heavy atom. The Labute approximate surface area is 185 Å². The summed E-state index contributed by atoms with van der Waals surface area (Å²) in [6, 6.07) is 18.9. The summed E-state index contributed by atoms with van der Waals surface area (Å²) in [7, 11) is -3.68. The van der Waals surface area contributed by atoms with E-state index >= 15 is 0 Å². The Morgan fingerprint density at radius 3 is 2.32 bits per heavy atom. The number of nitrogens with zero attached hydrogens (tertiary/aromatic N) is 3. The number of nitrogens with one attached hydrogen (secondary N) is 1. The molecule has 0 aliphatic carbocycles. The van der Waals surface area contributed by atoms with Gasteiger partial charge in [-0.1, -0.05) is 30.7 Å². The van der Waals surface area contributed by atoms with Crippen LogP contribution in [-0.4, -0.2) is 31.2 Å². The van der Waals surface area contributed by atoms with E-state index in [9.17, 15) is 13.2 Å². The van der Waals surface area contributed by atoms with Crippen molar-refractivity contribution < 1.29 is 13.2 Å². The summed E-state index contributed by atoms with van der Waals surface area (Å²) in [6.07, 6.45) is 2.06. The Morgan fingerprint density at radius 2 is 1.65 bits per heavy atom. The Balaban J connectivity index is 1.45. The molecule has 7 nitrogen and oxygen atoms in total. The molecule has 1 aliphatic rings. The Kier molecular flexibility index (Phi) is 6.55. The fraction of sp³-hybridized carbons (Fsp3) is 0.227. The van der Waals surface area contributed by atoms with Crippen molar-refractivity contribution in [2.75, 3.05) is 11.9 Å². The molecule has 2 aromatic carbocycles. The van der Waals surface area contributed by atoms with Crippen molar-refractivity contribution in [2.45, 2.75) is 29.5 Å². The highest BCUT2D eigenvalue weighted by molar-refractivity contribution is 7.91. The number of piperidine rings is 1. The molecule has 9 heteroatoms. The quantitative estimate of drug-likeness (QED) is 0.509. The van der Waals surface area contributed by atoms with Crippen LogP contribution in [0.15, 0.2) is 86.5 Å². The highest BCUT2D eigenvalue weighted by Gasteiger charge is 2.38. The van der Waals surface area contributed by atoms with Crippen LogP contribution in [-0.2, 0) is 14.8 Å². The summed E-state index contributed by atoms with van der Waals surface area (Å²) < 4.78 is 27.6. The Hall–Kier alpha value is -2.88. The molecule has 1 aromatic heterocycles. The number of amides is 1. The van der Waals surface area contributed by atoms with Gasteiger partial charge in [-0.2, -0.15) is 14.5 Å². The highest BCUT2D eigenvalue weighted by Crippen LogP contribution is 2.29. The van der Waals surface area contributed by atoms with Gasteiger partial charge in [-0.25, -0.2) is 8.42 Å². The van der Waals surface area contributed by atoms with Gasteiger partial charge in [-0.05, 0) is 60.7 Å². The minimum absolute atomic E-state index is 0.264. The fourth-order valence-corrected chi connectivity index (χ4v) is 6.20. The lowest BCUT2D eigenvalue weighted by Gasteiger charge is -2.33. The number of sulfonamides is 1. The lowest BCUT2D eigenvalue weighted by Crippen LogP contribution is -2.49. The second-order valence-electron chi connectivity index (χ2n) is 7.13. The maximum Gasteiger partial charge on any atom is 0.253 e. The molecule has 1 saturated heterocycles. The topological polar surface area (TPSA) is 91.2 Å². The zero-order valence-electron chi connectivity index (χ0n) is 16.7. The fourth-order valence-electron chi connectivity index (χ4n) is 3.43. The number of carbonyl (C=O) groups excluding carboxylic acids is 1. The number of carbonyl (C=O) groups is 1. The number of anilines is 1. The SMILES string of the molecule is O=C(Nc1ccc(N=Nc2ccccc2)cc1)C1CCCCN1S(=O)(=O)c1cccs1. The molecule has 31 heavy (non-hydrogen) atoms. The van der Waals surface area contributed by atoms with Crippen LogP contribution in [0.2, 0.25) is 0 Å². The van der Waals surface area contributed by atoms with Gasteiger partial charge in [0, 0.05) is 12.2 Å². The molecule has 1 fully saturated rings. The van der Waals surface area contributed by atoms with Crippen LogP contribution in [0.1, 0.15) is 19.3 Å². The molecule has 160 valence electrons. The van der Waals surface area contributed by atoms with E-state index in [0.29, 0.717) is 24.3 Å². The predicted octanol–water partition coefficient (Wildman–Crippen LogP) is 5.35. The van der Waals surface area contributed by atoms with Gasteiger partial charge in [0.2, 0.25) is 5.91 Å². The first kappa shape index (κ1) is 21.4. The van der Waals surface area contributed by atoms with E-state index in [4.69, 9.17) is 0 Å². The molecule has 1 amide bonds. The van der Waals surface area contributed by atoms with E-state index in [1.807, 2.05) is 30.3 Å². The highest BCUT2D eigenvalue weighted by atomic mass is 32.2. The summed E-state index contributed by atoms with van der Waals surface area (Å²) in [5.74, 6) is -0.321. The first-order valence-corrected chi connectivity index (χ1v) is 12.3. The molecule has 1 N–H and O–H groups in total. The maximum atomic E-state index is 13.0. The van der Waals surface area contributed by atoms with Gasteiger partial charge in [-0.15, -0.1) is 11.3 Å². The molecule has 0 spiro atoms. The summed E-state index contributed by atoms with van der Waals surface area (Å²) in [6.45, 7) is 0.344. The predicted molar refractivity (Wildman–Crippen MR) is 122 cm³/mol. The van der Waals surface area contributed by atoms with Crippen LogP contribution in [0.25, 0.3) is 0 Å². The lowest BCUT2D eigenvalue weighted by molar-refractivity contribution is -0.120. The molecular weight excluding hydrogens is 432 g/mol. The van der Waals surface area contributed by atoms with Crippen LogP contribution in [0.3, 0.4) is 0 Å². The normalized spacial score (nSPS) is 17.6. The smallest absolute Gasteiger partial charge is 0.253 e. The molecular formula is C22H22N4O3S2. The number of hydrogen-bond acceptors (Lipinski definition) is 6. The van der Waals surface area contributed by atoms with Crippen LogP contribution in [0.5, 0.6) is 0 Å². The third-order valence-electron chi connectivity index (χ3n) is 4.99. The summed E-state index contributed by atoms with van der Waals surface area (Å²) in [4.78, 5) is 12.9. The van der Waals surface area contributed by atoms with E-state index in [-0.39, 0.29) is 10.1 Å². The molecule has 4 rings (SSSR count). The molecule has 1 atom stereocenters. The van der Waals surface area contributed by atoms with Crippen LogP contribution in [0, 0.1) is 0 Å². The minimum atomic E-state index is -3.68. The molecule has 0 radical (unpaired) electrons. The van der Waals surface area contributed by atoms with Crippen molar-refractivity contribution in [3.8, 4) is 0 Å². The van der Waals surface area contributed by atoms with Crippen molar-refractivity contribution >= 4 is 44.3 Å². The summed E-state index contributed by atoms with van der Waals surface area (Å²) >= 11 is 1.17. The maximum absolute atomic E-state index is 13.0. The summed E-state index contributed by atoms with van der Waals surface area (Å²) in [5.41, 5.74) is 1.99. The molecule has 0 bridgehead atoms. The van der Waals surface area contributed by atoms with Crippen molar-refractivity contribution in [1.29, 1.82) is 0 Å². The first-order chi connectivity index (χ1) is 15.0. The minimum Gasteiger partial charge on any atom is -0.325 e. The van der Waals surface area contributed by atoms with Crippen molar-refractivity contribution in [1.82, 2.24) is 4.31 Å². The average Bonchev–Trinajstić information content (AvgIpc) is 3.35. The van der Waals surface area contributed by atoms with Gasteiger partial charge in [0.1, 0.15) is 10.3 Å². The van der Waals surface area contributed by atoms with Gasteiger partial charge in [-0.3, -0.25) is 4.79 Å². The van der Waals surface area contributed by atoms with Crippen LogP contribution in [0.4, 0.5) is 17.1 Å². The van der Waals surface area contributed by atoms with E-state index in [0.717, 1.165) is 18.5 Å². The Bertz CT molecular complexity index is 1150. The monoisotopic (exact) mass is 454 g/mol. The molecule has 0 saturated carbocycles. The zero-order chi connectivity index (χ0) is 21.7. The third kappa shape index (κ3) is 5.07. The number of benzene rings is 2. The molecule has 2 heterocycles. The largest absolute Gasteiger partial charge is 0.325 e. The van der Waals surface area contributed by atoms with Gasteiger partial charge in [0.05, 0.1) is 11.4 Å². The number of rotatable bonds is 6. The van der Waals surface area contributed by atoms with E-state index in [2.05, 4.69) is 15.5 Å². The molecule has 3 aromatic rings. The number of azo groups is 1. The zero-order valence-corrected chi connectivity index (χ0v) is 18.3.